The van der Waals surface area contributed by atoms with Crippen molar-refractivity contribution in [1.29, 1.82) is 0 Å². The molecule has 1 aromatic heterocycles. The molecule has 0 aromatic carbocycles. The Hall–Kier alpha value is -1.12. The molecule has 0 amide bonds. The number of nitrogens with zero attached hydrogens (tertiary/aromatic N) is 2. The molecular formula is C10H16N2O. The quantitative estimate of drug-likeness (QED) is 0.665. The maximum Gasteiger partial charge on any atom is 0.185 e. The van der Waals surface area contributed by atoms with Crippen LogP contribution >= 0.6 is 0 Å². The van der Waals surface area contributed by atoms with Crippen molar-refractivity contribution in [2.75, 3.05) is 0 Å². The van der Waals surface area contributed by atoms with Gasteiger partial charge in [0.25, 0.3) is 0 Å². The molecule has 0 radical (unpaired) electrons. The van der Waals surface area contributed by atoms with Gasteiger partial charge in [0.1, 0.15) is 5.69 Å². The smallest absolute Gasteiger partial charge is 0.185 e. The van der Waals surface area contributed by atoms with Crippen molar-refractivity contribution >= 4 is 5.78 Å². The summed E-state index contributed by atoms with van der Waals surface area (Å²) in [6.45, 7) is 5.84. The standard InChI is InChI=1S/C10H16N2O/c1-5-8-6-9(11-12(8)4)10(13)7(2)3/h6-7H,5H2,1-4H3. The fourth-order valence-electron chi connectivity index (χ4n) is 1.25. The van der Waals surface area contributed by atoms with E-state index in [1.165, 1.54) is 0 Å². The lowest BCUT2D eigenvalue weighted by Crippen LogP contribution is -2.08. The zero-order chi connectivity index (χ0) is 10.0. The van der Waals surface area contributed by atoms with Gasteiger partial charge < -0.3 is 0 Å². The molecule has 0 unspecified atom stereocenters. The molecule has 0 saturated heterocycles. The predicted octanol–water partition coefficient (Wildman–Crippen LogP) is 1.82. The minimum atomic E-state index is 0.0274. The fraction of sp³-hybridized carbons (Fsp3) is 0.600. The number of carbonyl (C=O) groups is 1. The molecule has 0 aliphatic rings. The van der Waals surface area contributed by atoms with Gasteiger partial charge in [-0.25, -0.2) is 0 Å². The van der Waals surface area contributed by atoms with Gasteiger partial charge in [0.15, 0.2) is 5.78 Å². The Labute approximate surface area is 78.8 Å². The molecule has 1 rings (SSSR count). The molecule has 0 fully saturated rings. The van der Waals surface area contributed by atoms with E-state index >= 15 is 0 Å². The average molecular weight is 180 g/mol. The summed E-state index contributed by atoms with van der Waals surface area (Å²) in [5.41, 5.74) is 1.69. The van der Waals surface area contributed by atoms with E-state index in [1.807, 2.05) is 27.0 Å². The monoisotopic (exact) mass is 180 g/mol. The molecule has 0 aliphatic carbocycles. The van der Waals surface area contributed by atoms with E-state index in [0.29, 0.717) is 5.69 Å². The first kappa shape index (κ1) is 9.96. The van der Waals surface area contributed by atoms with Crippen molar-refractivity contribution in [1.82, 2.24) is 9.78 Å². The fourth-order valence-corrected chi connectivity index (χ4v) is 1.25. The second kappa shape index (κ2) is 3.73. The summed E-state index contributed by atoms with van der Waals surface area (Å²) in [6.07, 6.45) is 0.912. The summed E-state index contributed by atoms with van der Waals surface area (Å²) in [7, 11) is 1.87. The Morgan fingerprint density at radius 1 is 1.62 bits per heavy atom. The summed E-state index contributed by atoms with van der Waals surface area (Å²) in [4.78, 5) is 11.6. The van der Waals surface area contributed by atoms with Gasteiger partial charge in [-0.05, 0) is 12.5 Å². The molecular weight excluding hydrogens is 164 g/mol. The third-order valence-electron chi connectivity index (χ3n) is 2.12. The highest BCUT2D eigenvalue weighted by atomic mass is 16.1. The van der Waals surface area contributed by atoms with Gasteiger partial charge in [-0.1, -0.05) is 20.8 Å². The van der Waals surface area contributed by atoms with Crippen molar-refractivity contribution in [3.05, 3.63) is 17.5 Å². The minimum Gasteiger partial charge on any atom is -0.292 e. The number of hydrogen-bond donors (Lipinski definition) is 0. The van der Waals surface area contributed by atoms with Crippen LogP contribution in [0.4, 0.5) is 0 Å². The van der Waals surface area contributed by atoms with E-state index in [4.69, 9.17) is 0 Å². The molecule has 1 aromatic rings. The van der Waals surface area contributed by atoms with E-state index in [0.717, 1.165) is 12.1 Å². The van der Waals surface area contributed by atoms with Gasteiger partial charge in [-0.15, -0.1) is 0 Å². The Kier molecular flexibility index (Phi) is 2.86. The van der Waals surface area contributed by atoms with Crippen LogP contribution < -0.4 is 0 Å². The molecule has 0 N–H and O–H groups in total. The Morgan fingerprint density at radius 3 is 2.62 bits per heavy atom. The van der Waals surface area contributed by atoms with Gasteiger partial charge in [0.2, 0.25) is 0 Å². The molecule has 13 heavy (non-hydrogen) atoms. The normalized spacial score (nSPS) is 10.8. The molecule has 72 valence electrons. The Bertz CT molecular complexity index is 313. The van der Waals surface area contributed by atoms with Crippen LogP contribution in [0.2, 0.25) is 0 Å². The van der Waals surface area contributed by atoms with Crippen molar-refractivity contribution in [3.8, 4) is 0 Å². The molecule has 3 heteroatoms. The second-order valence-corrected chi connectivity index (χ2v) is 3.52. The highest BCUT2D eigenvalue weighted by Crippen LogP contribution is 2.09. The zero-order valence-electron chi connectivity index (χ0n) is 8.66. The molecule has 3 nitrogen and oxygen atoms in total. The first-order valence-electron chi connectivity index (χ1n) is 4.63. The van der Waals surface area contributed by atoms with E-state index in [9.17, 15) is 4.79 Å². The van der Waals surface area contributed by atoms with Gasteiger partial charge in [-0.3, -0.25) is 9.48 Å². The maximum absolute atomic E-state index is 11.6. The van der Waals surface area contributed by atoms with Crippen LogP contribution in [0.3, 0.4) is 0 Å². The largest absolute Gasteiger partial charge is 0.292 e. The first-order chi connectivity index (χ1) is 6.06. The van der Waals surface area contributed by atoms with Crippen LogP contribution in [-0.4, -0.2) is 15.6 Å². The number of aromatic nitrogens is 2. The minimum absolute atomic E-state index is 0.0274. The lowest BCUT2D eigenvalue weighted by molar-refractivity contribution is 0.0933. The van der Waals surface area contributed by atoms with Crippen LogP contribution in [0.25, 0.3) is 0 Å². The van der Waals surface area contributed by atoms with E-state index in [1.54, 1.807) is 4.68 Å². The molecule has 0 saturated carbocycles. The summed E-state index contributed by atoms with van der Waals surface area (Å²) in [5, 5.41) is 4.17. The van der Waals surface area contributed by atoms with Crippen molar-refractivity contribution < 1.29 is 4.79 Å². The van der Waals surface area contributed by atoms with Crippen LogP contribution in [0.1, 0.15) is 37.0 Å². The molecule has 0 aliphatic heterocycles. The summed E-state index contributed by atoms with van der Waals surface area (Å²) >= 11 is 0. The number of rotatable bonds is 3. The van der Waals surface area contributed by atoms with Gasteiger partial charge in [0, 0.05) is 18.7 Å². The molecule has 1 heterocycles. The van der Waals surface area contributed by atoms with Crippen LogP contribution in [0.5, 0.6) is 0 Å². The second-order valence-electron chi connectivity index (χ2n) is 3.52. The average Bonchev–Trinajstić information content (AvgIpc) is 2.45. The summed E-state index contributed by atoms with van der Waals surface area (Å²) in [6, 6.07) is 1.88. The topological polar surface area (TPSA) is 34.9 Å². The van der Waals surface area contributed by atoms with E-state index in [-0.39, 0.29) is 11.7 Å². The SMILES string of the molecule is CCc1cc(C(=O)C(C)C)nn1C. The number of carbonyl (C=O) groups excluding carboxylic acids is 1. The molecule has 0 atom stereocenters. The highest BCUT2D eigenvalue weighted by Gasteiger charge is 2.14. The van der Waals surface area contributed by atoms with E-state index in [2.05, 4.69) is 12.0 Å². The molecule has 0 bridgehead atoms. The zero-order valence-corrected chi connectivity index (χ0v) is 8.66. The van der Waals surface area contributed by atoms with Crippen molar-refractivity contribution in [2.45, 2.75) is 27.2 Å². The van der Waals surface area contributed by atoms with Crippen LogP contribution in [0.15, 0.2) is 6.07 Å². The summed E-state index contributed by atoms with van der Waals surface area (Å²) in [5.74, 6) is 0.148. The first-order valence-corrected chi connectivity index (χ1v) is 4.63. The van der Waals surface area contributed by atoms with Gasteiger partial charge >= 0.3 is 0 Å². The number of ketones is 1. The van der Waals surface area contributed by atoms with Gasteiger partial charge in [0.05, 0.1) is 0 Å². The van der Waals surface area contributed by atoms with Gasteiger partial charge in [-0.2, -0.15) is 5.10 Å². The predicted molar refractivity (Wildman–Crippen MR) is 51.8 cm³/mol. The number of hydrogen-bond acceptors (Lipinski definition) is 2. The summed E-state index contributed by atoms with van der Waals surface area (Å²) < 4.78 is 1.77. The number of Topliss-reactive ketones (excluding diaryl/α,β-unsaturated/α-hetero) is 1. The van der Waals surface area contributed by atoms with Crippen molar-refractivity contribution in [3.63, 3.8) is 0 Å². The lowest BCUT2D eigenvalue weighted by Gasteiger charge is -1.97. The molecule has 0 spiro atoms. The highest BCUT2D eigenvalue weighted by molar-refractivity contribution is 5.95. The Balaban J connectivity index is 2.97. The Morgan fingerprint density at radius 2 is 2.23 bits per heavy atom. The third kappa shape index (κ3) is 1.97. The maximum atomic E-state index is 11.6. The number of aryl methyl sites for hydroxylation is 2. The third-order valence-corrected chi connectivity index (χ3v) is 2.12. The van der Waals surface area contributed by atoms with Crippen LogP contribution in [-0.2, 0) is 13.5 Å². The van der Waals surface area contributed by atoms with E-state index < -0.39 is 0 Å². The lowest BCUT2D eigenvalue weighted by atomic mass is 10.1. The van der Waals surface area contributed by atoms with Crippen molar-refractivity contribution in [2.24, 2.45) is 13.0 Å². The van der Waals surface area contributed by atoms with Crippen LogP contribution in [0, 0.1) is 5.92 Å².